The first-order chi connectivity index (χ1) is 12.5. The third kappa shape index (κ3) is 3.37. The molecule has 1 N–H and O–H groups in total. The van der Waals surface area contributed by atoms with Crippen molar-refractivity contribution in [1.82, 2.24) is 14.6 Å². The van der Waals surface area contributed by atoms with Crippen molar-refractivity contribution in [3.05, 3.63) is 48.3 Å². The van der Waals surface area contributed by atoms with Crippen LogP contribution in [0.4, 0.5) is 19.0 Å². The summed E-state index contributed by atoms with van der Waals surface area (Å²) in [7, 11) is 0. The number of ether oxygens (including phenoxy) is 1. The highest BCUT2D eigenvalue weighted by Crippen LogP contribution is 2.33. The average Bonchev–Trinajstić information content (AvgIpc) is 3.05. The highest BCUT2D eigenvalue weighted by Gasteiger charge is 2.30. The minimum absolute atomic E-state index is 0.277. The molecule has 2 aromatic heterocycles. The monoisotopic (exact) mass is 362 g/mol. The quantitative estimate of drug-likeness (QED) is 0.765. The second kappa shape index (κ2) is 6.60. The topological polar surface area (TPSA) is 51.5 Å². The van der Waals surface area contributed by atoms with E-state index in [1.807, 2.05) is 6.07 Å². The number of alkyl halides is 3. The van der Waals surface area contributed by atoms with Gasteiger partial charge in [-0.1, -0.05) is 12.1 Å². The van der Waals surface area contributed by atoms with Gasteiger partial charge in [0.2, 0.25) is 0 Å². The van der Waals surface area contributed by atoms with Crippen LogP contribution < -0.4 is 5.32 Å². The molecular weight excluding hydrogens is 345 g/mol. The fraction of sp³-hybridized carbons (Fsp3) is 0.333. The van der Waals surface area contributed by atoms with Crippen LogP contribution in [0, 0.1) is 0 Å². The normalized spacial score (nSPS) is 16.1. The first-order valence-corrected chi connectivity index (χ1v) is 8.37. The summed E-state index contributed by atoms with van der Waals surface area (Å²) in [5.41, 5.74) is 0.824. The highest BCUT2D eigenvalue weighted by atomic mass is 19.4. The third-order valence-electron chi connectivity index (χ3n) is 4.44. The molecule has 1 fully saturated rings. The minimum atomic E-state index is -4.39. The van der Waals surface area contributed by atoms with Crippen LogP contribution in [-0.4, -0.2) is 33.9 Å². The molecule has 0 radical (unpaired) electrons. The first kappa shape index (κ1) is 16.8. The van der Waals surface area contributed by atoms with Gasteiger partial charge in [-0.15, -0.1) is 0 Å². The fourth-order valence-corrected chi connectivity index (χ4v) is 3.07. The molecular formula is C18H17F3N4O. The number of benzene rings is 1. The summed E-state index contributed by atoms with van der Waals surface area (Å²) in [4.78, 5) is 4.56. The summed E-state index contributed by atoms with van der Waals surface area (Å²) < 4.78 is 45.9. The minimum Gasteiger partial charge on any atom is -0.381 e. The fourth-order valence-electron chi connectivity index (χ4n) is 3.07. The van der Waals surface area contributed by atoms with Crippen LogP contribution in [0.2, 0.25) is 0 Å². The van der Waals surface area contributed by atoms with Crippen LogP contribution in [-0.2, 0) is 10.9 Å². The molecule has 3 aromatic rings. The average molecular weight is 362 g/mol. The highest BCUT2D eigenvalue weighted by molar-refractivity contribution is 5.78. The van der Waals surface area contributed by atoms with Crippen LogP contribution in [0.25, 0.3) is 16.8 Å². The largest absolute Gasteiger partial charge is 0.416 e. The lowest BCUT2D eigenvalue weighted by molar-refractivity contribution is -0.137. The Morgan fingerprint density at radius 2 is 1.96 bits per heavy atom. The molecule has 0 spiro atoms. The molecule has 5 nitrogen and oxygen atoms in total. The van der Waals surface area contributed by atoms with Gasteiger partial charge in [-0.3, -0.25) is 0 Å². The summed E-state index contributed by atoms with van der Waals surface area (Å²) >= 11 is 0. The Hall–Kier alpha value is -2.61. The first-order valence-electron chi connectivity index (χ1n) is 8.37. The van der Waals surface area contributed by atoms with Crippen LogP contribution >= 0.6 is 0 Å². The molecule has 4 rings (SSSR count). The van der Waals surface area contributed by atoms with Gasteiger partial charge in [0.1, 0.15) is 5.82 Å². The van der Waals surface area contributed by atoms with Crippen molar-refractivity contribution in [3.63, 3.8) is 0 Å². The number of fused-ring (bicyclic) bond motifs is 1. The Bertz CT molecular complexity index is 916. The molecule has 1 aliphatic heterocycles. The zero-order valence-electron chi connectivity index (χ0n) is 13.8. The van der Waals surface area contributed by atoms with E-state index >= 15 is 0 Å². The van der Waals surface area contributed by atoms with Crippen molar-refractivity contribution >= 4 is 11.5 Å². The molecule has 0 bridgehead atoms. The van der Waals surface area contributed by atoms with Gasteiger partial charge < -0.3 is 10.1 Å². The van der Waals surface area contributed by atoms with Crippen LogP contribution in [0.15, 0.2) is 42.7 Å². The Balaban J connectivity index is 1.68. The van der Waals surface area contributed by atoms with Crippen molar-refractivity contribution in [2.75, 3.05) is 18.5 Å². The summed E-state index contributed by atoms with van der Waals surface area (Å²) in [6.45, 7) is 1.42. The molecule has 1 aliphatic rings. The standard InChI is InChI=1S/C18H17F3N4O/c19-18(20,21)13-3-1-2-12(10-13)15-11-22-25-7-4-16(24-17(15)25)23-14-5-8-26-9-6-14/h1-4,7,10-11,14H,5-6,8-9H2,(H,23,24). The van der Waals surface area contributed by atoms with Crippen molar-refractivity contribution in [3.8, 4) is 11.1 Å². The van der Waals surface area contributed by atoms with Gasteiger partial charge in [-0.05, 0) is 36.6 Å². The van der Waals surface area contributed by atoms with E-state index in [0.29, 0.717) is 35.8 Å². The smallest absolute Gasteiger partial charge is 0.381 e. The lowest BCUT2D eigenvalue weighted by Gasteiger charge is -2.23. The Morgan fingerprint density at radius 1 is 1.15 bits per heavy atom. The number of rotatable bonds is 3. The number of nitrogens with zero attached hydrogens (tertiary/aromatic N) is 3. The lowest BCUT2D eigenvalue weighted by atomic mass is 10.1. The predicted molar refractivity (Wildman–Crippen MR) is 90.9 cm³/mol. The summed E-state index contributed by atoms with van der Waals surface area (Å²) in [6, 6.07) is 7.29. The van der Waals surface area contributed by atoms with E-state index < -0.39 is 11.7 Å². The molecule has 1 saturated heterocycles. The molecule has 26 heavy (non-hydrogen) atoms. The molecule has 0 amide bonds. The maximum absolute atomic E-state index is 13.0. The van der Waals surface area contributed by atoms with Crippen molar-refractivity contribution in [2.45, 2.75) is 25.1 Å². The van der Waals surface area contributed by atoms with Crippen molar-refractivity contribution < 1.29 is 17.9 Å². The second-order valence-corrected chi connectivity index (χ2v) is 6.25. The maximum Gasteiger partial charge on any atom is 0.416 e. The molecule has 0 unspecified atom stereocenters. The molecule has 1 aromatic carbocycles. The Kier molecular flexibility index (Phi) is 4.28. The van der Waals surface area contributed by atoms with Gasteiger partial charge in [-0.25, -0.2) is 9.50 Å². The second-order valence-electron chi connectivity index (χ2n) is 6.25. The molecule has 0 saturated carbocycles. The van der Waals surface area contributed by atoms with E-state index in [4.69, 9.17) is 4.74 Å². The SMILES string of the molecule is FC(F)(F)c1cccc(-c2cnn3ccc(NC4CCOCC4)nc23)c1. The third-order valence-corrected chi connectivity index (χ3v) is 4.44. The van der Waals surface area contributed by atoms with Gasteiger partial charge in [0.25, 0.3) is 0 Å². The summed E-state index contributed by atoms with van der Waals surface area (Å²) in [6.07, 6.45) is 0.693. The van der Waals surface area contributed by atoms with E-state index in [0.717, 1.165) is 25.0 Å². The summed E-state index contributed by atoms with van der Waals surface area (Å²) in [5.74, 6) is 0.679. The van der Waals surface area contributed by atoms with Crippen LogP contribution in [0.5, 0.6) is 0 Å². The summed E-state index contributed by atoms with van der Waals surface area (Å²) in [5, 5.41) is 7.56. The van der Waals surface area contributed by atoms with Gasteiger partial charge in [-0.2, -0.15) is 18.3 Å². The zero-order chi connectivity index (χ0) is 18.1. The van der Waals surface area contributed by atoms with Gasteiger partial charge in [0.05, 0.1) is 11.8 Å². The number of nitrogens with one attached hydrogen (secondary N) is 1. The molecule has 8 heteroatoms. The molecule has 136 valence electrons. The number of anilines is 1. The van der Waals surface area contributed by atoms with Crippen molar-refractivity contribution in [2.24, 2.45) is 0 Å². The van der Waals surface area contributed by atoms with Crippen LogP contribution in [0.3, 0.4) is 0 Å². The number of hydrogen-bond donors (Lipinski definition) is 1. The van der Waals surface area contributed by atoms with Gasteiger partial charge in [0.15, 0.2) is 5.65 Å². The van der Waals surface area contributed by atoms with E-state index in [1.54, 1.807) is 16.8 Å². The van der Waals surface area contributed by atoms with E-state index in [9.17, 15) is 13.2 Å². The predicted octanol–water partition coefficient (Wildman–Crippen LogP) is 4.01. The Morgan fingerprint density at radius 3 is 2.73 bits per heavy atom. The number of hydrogen-bond acceptors (Lipinski definition) is 4. The lowest BCUT2D eigenvalue weighted by Crippen LogP contribution is -2.28. The zero-order valence-corrected chi connectivity index (χ0v) is 13.8. The molecule has 0 atom stereocenters. The molecule has 0 aliphatic carbocycles. The van der Waals surface area contributed by atoms with Crippen LogP contribution in [0.1, 0.15) is 18.4 Å². The van der Waals surface area contributed by atoms with E-state index in [2.05, 4.69) is 15.4 Å². The maximum atomic E-state index is 13.0. The number of halogens is 3. The van der Waals surface area contributed by atoms with E-state index in [-0.39, 0.29) is 6.04 Å². The van der Waals surface area contributed by atoms with E-state index in [1.165, 1.54) is 12.3 Å². The number of aromatic nitrogens is 3. The van der Waals surface area contributed by atoms with Gasteiger partial charge >= 0.3 is 6.18 Å². The Labute approximate surface area is 147 Å². The van der Waals surface area contributed by atoms with Crippen molar-refractivity contribution in [1.29, 1.82) is 0 Å². The molecule has 3 heterocycles. The van der Waals surface area contributed by atoms with Gasteiger partial charge in [0, 0.05) is 31.0 Å².